The molecule has 0 bridgehead atoms. The van der Waals surface area contributed by atoms with Crippen molar-refractivity contribution in [3.05, 3.63) is 23.9 Å². The van der Waals surface area contributed by atoms with Crippen LogP contribution in [0.15, 0.2) is 18.3 Å². The van der Waals surface area contributed by atoms with Crippen molar-refractivity contribution in [1.29, 1.82) is 0 Å². The van der Waals surface area contributed by atoms with Crippen molar-refractivity contribution in [2.45, 2.75) is 77.3 Å². The second-order valence-electron chi connectivity index (χ2n) is 8.42. The third-order valence-electron chi connectivity index (χ3n) is 6.55. The fraction of sp³-hybridized carbons (Fsp3) is 0.682. The molecule has 0 spiro atoms. The van der Waals surface area contributed by atoms with Gasteiger partial charge in [0.05, 0.1) is 0 Å². The molecular formula is C22H34N4O2. The predicted octanol–water partition coefficient (Wildman–Crippen LogP) is 3.17. The van der Waals surface area contributed by atoms with Crippen molar-refractivity contribution in [3.8, 4) is 0 Å². The minimum Gasteiger partial charge on any atom is -0.384 e. The first kappa shape index (κ1) is 20.6. The lowest BCUT2D eigenvalue weighted by atomic mass is 9.64. The van der Waals surface area contributed by atoms with Gasteiger partial charge in [0.25, 0.3) is 0 Å². The molecule has 4 unspecified atom stereocenters. The highest BCUT2D eigenvalue weighted by atomic mass is 16.2. The first-order valence-corrected chi connectivity index (χ1v) is 10.8. The maximum Gasteiger partial charge on any atom is 0.242 e. The zero-order valence-corrected chi connectivity index (χ0v) is 17.0. The second kappa shape index (κ2) is 9.89. The van der Waals surface area contributed by atoms with Gasteiger partial charge in [-0.15, -0.1) is 0 Å². The second-order valence-corrected chi connectivity index (χ2v) is 8.42. The average molecular weight is 387 g/mol. The number of amides is 2. The quantitative estimate of drug-likeness (QED) is 0.670. The molecule has 1 aromatic heterocycles. The van der Waals surface area contributed by atoms with Crippen LogP contribution in [0.3, 0.4) is 0 Å². The summed E-state index contributed by atoms with van der Waals surface area (Å²) in [6, 6.07) is 3.12. The van der Waals surface area contributed by atoms with Gasteiger partial charge in [-0.05, 0) is 42.2 Å². The smallest absolute Gasteiger partial charge is 0.242 e. The summed E-state index contributed by atoms with van der Waals surface area (Å²) in [5.74, 6) is 2.37. The van der Waals surface area contributed by atoms with Crippen molar-refractivity contribution in [3.63, 3.8) is 0 Å². The molecule has 2 aliphatic rings. The van der Waals surface area contributed by atoms with Gasteiger partial charge in [-0.2, -0.15) is 0 Å². The van der Waals surface area contributed by atoms with Crippen LogP contribution >= 0.6 is 0 Å². The molecule has 1 aromatic rings. The molecule has 2 fully saturated rings. The maximum absolute atomic E-state index is 12.9. The van der Waals surface area contributed by atoms with Crippen LogP contribution in [0.4, 0.5) is 5.82 Å². The number of nitrogens with two attached hydrogens (primary N) is 1. The lowest BCUT2D eigenvalue weighted by Crippen LogP contribution is -2.48. The molecule has 4 N–H and O–H groups in total. The van der Waals surface area contributed by atoms with Crippen LogP contribution in [-0.4, -0.2) is 22.8 Å². The van der Waals surface area contributed by atoms with Crippen molar-refractivity contribution in [1.82, 2.24) is 15.6 Å². The molecule has 1 heterocycles. The van der Waals surface area contributed by atoms with Gasteiger partial charge >= 0.3 is 0 Å². The number of nitrogens with one attached hydrogen (secondary N) is 2. The van der Waals surface area contributed by atoms with Gasteiger partial charge in [0, 0.05) is 19.2 Å². The number of pyridine rings is 1. The van der Waals surface area contributed by atoms with Crippen LogP contribution < -0.4 is 16.4 Å². The van der Waals surface area contributed by atoms with E-state index in [1.54, 1.807) is 12.3 Å². The Hall–Kier alpha value is -2.11. The lowest BCUT2D eigenvalue weighted by molar-refractivity contribution is -0.129. The highest BCUT2D eigenvalue weighted by Gasteiger charge is 2.37. The Bertz CT molecular complexity index is 659. The van der Waals surface area contributed by atoms with Crippen LogP contribution in [0.25, 0.3) is 0 Å². The van der Waals surface area contributed by atoms with Crippen LogP contribution in [0.5, 0.6) is 0 Å². The van der Waals surface area contributed by atoms with E-state index >= 15 is 0 Å². The van der Waals surface area contributed by atoms with Gasteiger partial charge in [0.2, 0.25) is 11.8 Å². The first-order chi connectivity index (χ1) is 13.6. The summed E-state index contributed by atoms with van der Waals surface area (Å²) in [5.41, 5.74) is 6.51. The Morgan fingerprint density at radius 2 is 1.96 bits per heavy atom. The van der Waals surface area contributed by atoms with E-state index in [4.69, 9.17) is 5.73 Å². The van der Waals surface area contributed by atoms with Gasteiger partial charge in [0.1, 0.15) is 11.9 Å². The summed E-state index contributed by atoms with van der Waals surface area (Å²) in [6.45, 7) is 2.21. The van der Waals surface area contributed by atoms with Gasteiger partial charge < -0.3 is 16.4 Å². The Balaban J connectivity index is 1.62. The Morgan fingerprint density at radius 1 is 1.18 bits per heavy atom. The van der Waals surface area contributed by atoms with Crippen molar-refractivity contribution < 1.29 is 9.59 Å². The SMILES string of the molecule is CCC(=O)NC(CC1CCCC2CCCCC21)C(=O)NCc1ccc(N)nc1. The van der Waals surface area contributed by atoms with Crippen LogP contribution in [-0.2, 0) is 16.1 Å². The van der Waals surface area contributed by atoms with E-state index in [9.17, 15) is 9.59 Å². The number of nitrogen functional groups attached to an aromatic ring is 1. The summed E-state index contributed by atoms with van der Waals surface area (Å²) in [5, 5.41) is 5.94. The standard InChI is InChI=1S/C22H34N4O2/c1-2-21(27)26-19(22(28)25-14-15-10-11-20(23)24-13-15)12-17-8-5-7-16-6-3-4-9-18(16)17/h10-11,13,16-19H,2-9,12,14H2,1H3,(H2,23,24)(H,25,28)(H,26,27). The minimum absolute atomic E-state index is 0.0645. The number of anilines is 1. The largest absolute Gasteiger partial charge is 0.384 e. The summed E-state index contributed by atoms with van der Waals surface area (Å²) < 4.78 is 0. The summed E-state index contributed by atoms with van der Waals surface area (Å²) in [6.07, 6.45) is 11.8. The third-order valence-corrected chi connectivity index (χ3v) is 6.55. The van der Waals surface area contributed by atoms with E-state index in [-0.39, 0.29) is 11.8 Å². The van der Waals surface area contributed by atoms with Gasteiger partial charge in [-0.1, -0.05) is 51.5 Å². The zero-order valence-electron chi connectivity index (χ0n) is 17.0. The molecule has 28 heavy (non-hydrogen) atoms. The molecule has 2 saturated carbocycles. The first-order valence-electron chi connectivity index (χ1n) is 10.8. The number of aromatic nitrogens is 1. The molecule has 4 atom stereocenters. The molecule has 154 valence electrons. The summed E-state index contributed by atoms with van der Waals surface area (Å²) in [7, 11) is 0. The third kappa shape index (κ3) is 5.46. The average Bonchev–Trinajstić information content (AvgIpc) is 2.72. The molecule has 2 amide bonds. The minimum atomic E-state index is -0.458. The van der Waals surface area contributed by atoms with Crippen molar-refractivity contribution >= 4 is 17.6 Å². The highest BCUT2D eigenvalue weighted by molar-refractivity contribution is 5.87. The number of fused-ring (bicyclic) bond motifs is 1. The van der Waals surface area contributed by atoms with Crippen molar-refractivity contribution in [2.75, 3.05) is 5.73 Å². The molecule has 0 saturated heterocycles. The van der Waals surface area contributed by atoms with E-state index in [0.29, 0.717) is 24.7 Å². The van der Waals surface area contributed by atoms with E-state index < -0.39 is 6.04 Å². The molecule has 0 radical (unpaired) electrons. The van der Waals surface area contributed by atoms with E-state index in [1.807, 2.05) is 13.0 Å². The van der Waals surface area contributed by atoms with Crippen LogP contribution in [0, 0.1) is 17.8 Å². The molecule has 0 aromatic carbocycles. The summed E-state index contributed by atoms with van der Waals surface area (Å²) >= 11 is 0. The zero-order chi connectivity index (χ0) is 19.9. The number of hydrogen-bond acceptors (Lipinski definition) is 4. The Kier molecular flexibility index (Phi) is 7.29. The monoisotopic (exact) mass is 386 g/mol. The molecular weight excluding hydrogens is 352 g/mol. The molecule has 0 aliphatic heterocycles. The molecule has 3 rings (SSSR count). The maximum atomic E-state index is 12.9. The Labute approximate surface area is 168 Å². The van der Waals surface area contributed by atoms with E-state index in [1.165, 1.54) is 44.9 Å². The summed E-state index contributed by atoms with van der Waals surface area (Å²) in [4.78, 5) is 29.0. The highest BCUT2D eigenvalue weighted by Crippen LogP contribution is 2.45. The topological polar surface area (TPSA) is 97.1 Å². The van der Waals surface area contributed by atoms with Crippen molar-refractivity contribution in [2.24, 2.45) is 17.8 Å². The fourth-order valence-electron chi connectivity index (χ4n) is 5.05. The molecule has 2 aliphatic carbocycles. The molecule has 6 nitrogen and oxygen atoms in total. The van der Waals surface area contributed by atoms with Crippen LogP contribution in [0.1, 0.15) is 70.3 Å². The van der Waals surface area contributed by atoms with Gasteiger partial charge in [-0.3, -0.25) is 9.59 Å². The number of hydrogen-bond donors (Lipinski definition) is 3. The lowest BCUT2D eigenvalue weighted by Gasteiger charge is -2.42. The number of carbonyl (C=O) groups is 2. The Morgan fingerprint density at radius 3 is 2.71 bits per heavy atom. The predicted molar refractivity (Wildman–Crippen MR) is 110 cm³/mol. The van der Waals surface area contributed by atoms with E-state index in [2.05, 4.69) is 15.6 Å². The molecule has 6 heteroatoms. The van der Waals surface area contributed by atoms with Gasteiger partial charge in [-0.25, -0.2) is 4.98 Å². The normalized spacial score (nSPS) is 25.4. The number of rotatable bonds is 7. The van der Waals surface area contributed by atoms with Gasteiger partial charge in [0.15, 0.2) is 0 Å². The van der Waals surface area contributed by atoms with E-state index in [0.717, 1.165) is 23.8 Å². The number of nitrogens with zero attached hydrogens (tertiary/aromatic N) is 1. The van der Waals surface area contributed by atoms with Crippen LogP contribution in [0.2, 0.25) is 0 Å². The number of carbonyl (C=O) groups excluding carboxylic acids is 2. The fourth-order valence-corrected chi connectivity index (χ4v) is 5.05.